The Morgan fingerprint density at radius 2 is 1.93 bits per heavy atom. The quantitative estimate of drug-likeness (QED) is 0.714. The molecule has 0 aromatic rings. The molecular weight excluding hydrogens is 176 g/mol. The zero-order valence-electron chi connectivity index (χ0n) is 9.18. The molecule has 0 bridgehead atoms. The third-order valence-electron chi connectivity index (χ3n) is 3.85. The Labute approximate surface area is 85.8 Å². The summed E-state index contributed by atoms with van der Waals surface area (Å²) in [5, 5.41) is 3.21. The van der Waals surface area contributed by atoms with Gasteiger partial charge in [-0.1, -0.05) is 19.8 Å². The molecule has 80 valence electrons. The molecule has 1 heterocycles. The van der Waals surface area contributed by atoms with Crippen LogP contribution in [0.5, 0.6) is 0 Å². The van der Waals surface area contributed by atoms with Gasteiger partial charge in [0, 0.05) is 25.6 Å². The van der Waals surface area contributed by atoms with E-state index in [0.29, 0.717) is 11.9 Å². The first kappa shape index (κ1) is 9.97. The summed E-state index contributed by atoms with van der Waals surface area (Å²) in [6.45, 7) is 4.07. The van der Waals surface area contributed by atoms with Crippen molar-refractivity contribution in [2.75, 3.05) is 20.1 Å². The number of likely N-dealkylation sites (N-methyl/N-ethyl adjacent to an activating group) is 1. The molecule has 0 aromatic heterocycles. The van der Waals surface area contributed by atoms with Gasteiger partial charge in [-0.05, 0) is 12.8 Å². The summed E-state index contributed by atoms with van der Waals surface area (Å²) >= 11 is 0. The molecular formula is C11H20N2O. The van der Waals surface area contributed by atoms with E-state index >= 15 is 0 Å². The van der Waals surface area contributed by atoms with Gasteiger partial charge in [-0.3, -0.25) is 4.79 Å². The zero-order chi connectivity index (χ0) is 10.2. The van der Waals surface area contributed by atoms with E-state index in [-0.39, 0.29) is 5.41 Å². The van der Waals surface area contributed by atoms with Crippen LogP contribution in [0.1, 0.15) is 32.6 Å². The van der Waals surface area contributed by atoms with E-state index in [0.717, 1.165) is 25.9 Å². The molecule has 1 aliphatic heterocycles. The van der Waals surface area contributed by atoms with E-state index < -0.39 is 0 Å². The Morgan fingerprint density at radius 1 is 1.36 bits per heavy atom. The summed E-state index contributed by atoms with van der Waals surface area (Å²) < 4.78 is 0. The SMILES string of the molecule is CN(C(=O)C1(C)CCCC1)C1CNC1. The van der Waals surface area contributed by atoms with Crippen LogP contribution in [0.3, 0.4) is 0 Å². The van der Waals surface area contributed by atoms with E-state index in [1.165, 1.54) is 12.8 Å². The topological polar surface area (TPSA) is 32.3 Å². The van der Waals surface area contributed by atoms with Crippen LogP contribution < -0.4 is 5.32 Å². The lowest BCUT2D eigenvalue weighted by molar-refractivity contribution is -0.142. The summed E-state index contributed by atoms with van der Waals surface area (Å²) in [4.78, 5) is 14.2. The second-order valence-corrected chi connectivity index (χ2v) is 5.00. The maximum absolute atomic E-state index is 12.2. The summed E-state index contributed by atoms with van der Waals surface area (Å²) in [5.41, 5.74) is -0.0512. The van der Waals surface area contributed by atoms with Crippen molar-refractivity contribution < 1.29 is 4.79 Å². The molecule has 1 amide bonds. The smallest absolute Gasteiger partial charge is 0.228 e. The van der Waals surface area contributed by atoms with Crippen molar-refractivity contribution in [1.82, 2.24) is 10.2 Å². The number of nitrogens with zero attached hydrogens (tertiary/aromatic N) is 1. The van der Waals surface area contributed by atoms with Gasteiger partial charge >= 0.3 is 0 Å². The van der Waals surface area contributed by atoms with E-state index in [1.807, 2.05) is 11.9 Å². The minimum atomic E-state index is -0.0512. The van der Waals surface area contributed by atoms with Crippen molar-refractivity contribution in [3.8, 4) is 0 Å². The fraction of sp³-hybridized carbons (Fsp3) is 0.909. The number of amides is 1. The third kappa shape index (κ3) is 1.54. The van der Waals surface area contributed by atoms with Crippen molar-refractivity contribution in [3.05, 3.63) is 0 Å². The summed E-state index contributed by atoms with van der Waals surface area (Å²) in [6.07, 6.45) is 4.60. The molecule has 2 fully saturated rings. The van der Waals surface area contributed by atoms with Gasteiger partial charge in [0.15, 0.2) is 0 Å². The van der Waals surface area contributed by atoms with E-state index in [9.17, 15) is 4.79 Å². The highest BCUT2D eigenvalue weighted by atomic mass is 16.2. The van der Waals surface area contributed by atoms with Gasteiger partial charge in [0.25, 0.3) is 0 Å². The molecule has 0 atom stereocenters. The number of rotatable bonds is 2. The first-order chi connectivity index (χ1) is 6.63. The number of nitrogens with one attached hydrogen (secondary N) is 1. The van der Waals surface area contributed by atoms with Crippen LogP contribution in [0.25, 0.3) is 0 Å². The van der Waals surface area contributed by atoms with Gasteiger partial charge in [-0.2, -0.15) is 0 Å². The van der Waals surface area contributed by atoms with Crippen molar-refractivity contribution in [1.29, 1.82) is 0 Å². The average molecular weight is 196 g/mol. The van der Waals surface area contributed by atoms with Crippen molar-refractivity contribution in [2.45, 2.75) is 38.6 Å². The van der Waals surface area contributed by atoms with Crippen LogP contribution in [0.15, 0.2) is 0 Å². The predicted octanol–water partition coefficient (Wildman–Crippen LogP) is 0.997. The monoisotopic (exact) mass is 196 g/mol. The Morgan fingerprint density at radius 3 is 2.36 bits per heavy atom. The highest BCUT2D eigenvalue weighted by Crippen LogP contribution is 2.39. The average Bonchev–Trinajstić information content (AvgIpc) is 2.49. The molecule has 1 aliphatic carbocycles. The predicted molar refractivity (Wildman–Crippen MR) is 56.0 cm³/mol. The lowest BCUT2D eigenvalue weighted by Gasteiger charge is -2.39. The van der Waals surface area contributed by atoms with Gasteiger partial charge in [0.2, 0.25) is 5.91 Å². The molecule has 14 heavy (non-hydrogen) atoms. The third-order valence-corrected chi connectivity index (χ3v) is 3.85. The maximum atomic E-state index is 12.2. The van der Waals surface area contributed by atoms with Crippen LogP contribution in [0.2, 0.25) is 0 Å². The number of hydrogen-bond acceptors (Lipinski definition) is 2. The number of carbonyl (C=O) groups excluding carboxylic acids is 1. The van der Waals surface area contributed by atoms with Crippen LogP contribution in [0, 0.1) is 5.41 Å². The van der Waals surface area contributed by atoms with Crippen LogP contribution >= 0.6 is 0 Å². The van der Waals surface area contributed by atoms with Crippen LogP contribution in [-0.2, 0) is 4.79 Å². The highest BCUT2D eigenvalue weighted by molar-refractivity contribution is 5.82. The largest absolute Gasteiger partial charge is 0.340 e. The Balaban J connectivity index is 1.98. The van der Waals surface area contributed by atoms with Gasteiger partial charge in [0.05, 0.1) is 6.04 Å². The molecule has 1 saturated heterocycles. The van der Waals surface area contributed by atoms with Gasteiger partial charge < -0.3 is 10.2 Å². The summed E-state index contributed by atoms with van der Waals surface area (Å²) in [5.74, 6) is 0.363. The molecule has 3 nitrogen and oxygen atoms in total. The summed E-state index contributed by atoms with van der Waals surface area (Å²) in [7, 11) is 1.96. The minimum absolute atomic E-state index is 0.0512. The molecule has 2 aliphatic rings. The van der Waals surface area contributed by atoms with Gasteiger partial charge in [-0.15, -0.1) is 0 Å². The molecule has 0 spiro atoms. The Kier molecular flexibility index (Phi) is 2.52. The fourth-order valence-corrected chi connectivity index (χ4v) is 2.51. The van der Waals surface area contributed by atoms with E-state index in [1.54, 1.807) is 0 Å². The highest BCUT2D eigenvalue weighted by Gasteiger charge is 2.40. The second kappa shape index (κ2) is 3.54. The molecule has 1 saturated carbocycles. The lowest BCUT2D eigenvalue weighted by atomic mass is 9.86. The van der Waals surface area contributed by atoms with Crippen molar-refractivity contribution in [3.63, 3.8) is 0 Å². The fourth-order valence-electron chi connectivity index (χ4n) is 2.51. The zero-order valence-corrected chi connectivity index (χ0v) is 9.18. The minimum Gasteiger partial charge on any atom is -0.340 e. The Bertz CT molecular complexity index is 229. The molecule has 0 unspecified atom stereocenters. The lowest BCUT2D eigenvalue weighted by Crippen LogP contribution is -2.59. The Hall–Kier alpha value is -0.570. The normalized spacial score (nSPS) is 25.9. The van der Waals surface area contributed by atoms with Crippen molar-refractivity contribution in [2.24, 2.45) is 5.41 Å². The van der Waals surface area contributed by atoms with E-state index in [2.05, 4.69) is 12.2 Å². The van der Waals surface area contributed by atoms with Gasteiger partial charge in [0.1, 0.15) is 0 Å². The molecule has 1 N–H and O–H groups in total. The van der Waals surface area contributed by atoms with Gasteiger partial charge in [-0.25, -0.2) is 0 Å². The van der Waals surface area contributed by atoms with Crippen LogP contribution in [-0.4, -0.2) is 37.0 Å². The first-order valence-electron chi connectivity index (χ1n) is 5.61. The molecule has 0 radical (unpaired) electrons. The molecule has 2 rings (SSSR count). The molecule has 0 aromatic carbocycles. The molecule has 3 heteroatoms. The van der Waals surface area contributed by atoms with E-state index in [4.69, 9.17) is 0 Å². The van der Waals surface area contributed by atoms with Crippen LogP contribution in [0.4, 0.5) is 0 Å². The summed E-state index contributed by atoms with van der Waals surface area (Å²) in [6, 6.07) is 0.444. The van der Waals surface area contributed by atoms with Crippen molar-refractivity contribution >= 4 is 5.91 Å². The first-order valence-corrected chi connectivity index (χ1v) is 5.61. The second-order valence-electron chi connectivity index (χ2n) is 5.00. The maximum Gasteiger partial charge on any atom is 0.228 e. The standard InChI is InChI=1S/C11H20N2O/c1-11(5-3-4-6-11)10(14)13(2)9-7-12-8-9/h9,12H,3-8H2,1-2H3. The number of carbonyl (C=O) groups is 1. The number of hydrogen-bond donors (Lipinski definition) is 1.